The topological polar surface area (TPSA) is 66.6 Å². The minimum Gasteiger partial charge on any atom is -0.463 e. The highest BCUT2D eigenvalue weighted by Gasteiger charge is 2.30. The molecule has 6 heteroatoms. The number of benzene rings is 1. The number of hydrogen-bond donors (Lipinski definition) is 1. The van der Waals surface area contributed by atoms with Crippen LogP contribution in [0.4, 0.5) is 0 Å². The summed E-state index contributed by atoms with van der Waals surface area (Å²) in [6, 6.07) is 10.9. The average Bonchev–Trinajstić information content (AvgIpc) is 3.33. The molecule has 26 heavy (non-hydrogen) atoms. The number of amides is 1. The third-order valence-electron chi connectivity index (χ3n) is 4.89. The molecule has 5 nitrogen and oxygen atoms in total. The molecule has 0 aliphatic carbocycles. The first-order valence-electron chi connectivity index (χ1n) is 8.74. The molecule has 0 radical (unpaired) electrons. The van der Waals surface area contributed by atoms with Crippen molar-refractivity contribution in [2.45, 2.75) is 25.3 Å². The summed E-state index contributed by atoms with van der Waals surface area (Å²) in [4.78, 5) is 19.8. The molecule has 0 saturated carbocycles. The number of nitrogens with zero attached hydrogens (tertiary/aromatic N) is 2. The van der Waals surface area contributed by atoms with E-state index in [9.17, 15) is 9.90 Å². The lowest BCUT2D eigenvalue weighted by molar-refractivity contribution is 0.0718. The second-order valence-corrected chi connectivity index (χ2v) is 6.88. The summed E-state index contributed by atoms with van der Waals surface area (Å²) in [5.74, 6) is 0.539. The Hall–Kier alpha value is -2.37. The molecule has 1 fully saturated rings. The zero-order valence-corrected chi connectivity index (χ0v) is 14.9. The molecule has 1 aliphatic rings. The molecule has 1 N–H and O–H groups in total. The Labute approximate surface area is 156 Å². The van der Waals surface area contributed by atoms with Crippen LogP contribution in [0.5, 0.6) is 0 Å². The van der Waals surface area contributed by atoms with E-state index in [1.807, 2.05) is 23.1 Å². The summed E-state index contributed by atoms with van der Waals surface area (Å²) in [5.41, 5.74) is 1.73. The van der Waals surface area contributed by atoms with Gasteiger partial charge in [0.1, 0.15) is 5.69 Å². The monoisotopic (exact) mass is 370 g/mol. The molecule has 0 unspecified atom stereocenters. The Morgan fingerprint density at radius 1 is 1.35 bits per heavy atom. The van der Waals surface area contributed by atoms with Crippen LogP contribution >= 0.6 is 11.6 Å². The third-order valence-corrected chi connectivity index (χ3v) is 5.20. The minimum absolute atomic E-state index is 0.0524. The molecule has 1 aromatic carbocycles. The van der Waals surface area contributed by atoms with Gasteiger partial charge in [-0.1, -0.05) is 23.7 Å². The predicted octanol–water partition coefficient (Wildman–Crippen LogP) is 4.14. The Morgan fingerprint density at radius 2 is 2.23 bits per heavy atom. The number of carbonyl (C=O) groups is 1. The summed E-state index contributed by atoms with van der Waals surface area (Å²) in [7, 11) is 0. The number of fused-ring (bicyclic) bond motifs is 1. The zero-order valence-electron chi connectivity index (χ0n) is 14.2. The fraction of sp³-hybridized carbons (Fsp3) is 0.300. The van der Waals surface area contributed by atoms with Crippen molar-refractivity contribution in [1.82, 2.24) is 9.88 Å². The molecule has 3 heterocycles. The molecule has 134 valence electrons. The van der Waals surface area contributed by atoms with Gasteiger partial charge < -0.3 is 14.4 Å². The van der Waals surface area contributed by atoms with Crippen LogP contribution in [-0.2, 0) is 0 Å². The van der Waals surface area contributed by atoms with Gasteiger partial charge in [-0.25, -0.2) is 4.98 Å². The van der Waals surface area contributed by atoms with Gasteiger partial charge in [-0.2, -0.15) is 0 Å². The van der Waals surface area contributed by atoms with Crippen molar-refractivity contribution in [3.63, 3.8) is 0 Å². The maximum atomic E-state index is 13.3. The number of hydrogen-bond acceptors (Lipinski definition) is 4. The molecule has 4 rings (SSSR count). The molecule has 1 atom stereocenters. The van der Waals surface area contributed by atoms with Crippen molar-refractivity contribution in [3.8, 4) is 11.5 Å². The van der Waals surface area contributed by atoms with Crippen LogP contribution in [0.1, 0.15) is 29.6 Å². The molecule has 3 aromatic rings. The molecule has 0 spiro atoms. The molecule has 1 saturated heterocycles. The molecule has 0 bridgehead atoms. The third kappa shape index (κ3) is 2.97. The Balaban J connectivity index is 1.85. The van der Waals surface area contributed by atoms with Gasteiger partial charge in [0.05, 0.1) is 22.4 Å². The number of para-hydroxylation sites is 1. The lowest BCUT2D eigenvalue weighted by Crippen LogP contribution is -2.36. The SMILES string of the molecule is O=C(c1cc(-c2ccco2)nc2c(Cl)cccc12)N1CCC[C@H]1CCO. The molecule has 2 aromatic heterocycles. The number of likely N-dealkylation sites (tertiary alicyclic amines) is 1. The highest BCUT2D eigenvalue weighted by molar-refractivity contribution is 6.35. The first kappa shape index (κ1) is 17.1. The lowest BCUT2D eigenvalue weighted by atomic mass is 10.0. The van der Waals surface area contributed by atoms with Gasteiger partial charge in [0, 0.05) is 24.6 Å². The van der Waals surface area contributed by atoms with E-state index in [1.165, 1.54) is 0 Å². The number of pyridine rings is 1. The zero-order chi connectivity index (χ0) is 18.1. The molecule has 1 amide bonds. The summed E-state index contributed by atoms with van der Waals surface area (Å²) in [6.45, 7) is 0.777. The van der Waals surface area contributed by atoms with E-state index in [1.54, 1.807) is 24.5 Å². The summed E-state index contributed by atoms with van der Waals surface area (Å²) >= 11 is 6.35. The van der Waals surface area contributed by atoms with E-state index in [2.05, 4.69) is 4.98 Å². The number of halogens is 1. The van der Waals surface area contributed by atoms with Crippen LogP contribution in [0, 0.1) is 0 Å². The maximum absolute atomic E-state index is 13.3. The van der Waals surface area contributed by atoms with Crippen LogP contribution in [0.25, 0.3) is 22.4 Å². The van der Waals surface area contributed by atoms with Gasteiger partial charge in [-0.3, -0.25) is 4.79 Å². The second-order valence-electron chi connectivity index (χ2n) is 6.48. The maximum Gasteiger partial charge on any atom is 0.254 e. The molecular formula is C20H19ClN2O3. The first-order valence-corrected chi connectivity index (χ1v) is 9.12. The van der Waals surface area contributed by atoms with Crippen molar-refractivity contribution < 1.29 is 14.3 Å². The normalized spacial score (nSPS) is 17.2. The number of aliphatic hydroxyl groups is 1. The Bertz CT molecular complexity index is 940. The van der Waals surface area contributed by atoms with Gasteiger partial charge in [0.25, 0.3) is 5.91 Å². The number of carbonyl (C=O) groups excluding carboxylic acids is 1. The van der Waals surface area contributed by atoms with Crippen LogP contribution in [0.3, 0.4) is 0 Å². The van der Waals surface area contributed by atoms with Crippen LogP contribution < -0.4 is 0 Å². The van der Waals surface area contributed by atoms with Gasteiger partial charge in [-0.05, 0) is 43.5 Å². The van der Waals surface area contributed by atoms with Crippen LogP contribution in [0.2, 0.25) is 5.02 Å². The van der Waals surface area contributed by atoms with Gasteiger partial charge in [0.15, 0.2) is 5.76 Å². The fourth-order valence-electron chi connectivity index (χ4n) is 3.65. The van der Waals surface area contributed by atoms with Crippen molar-refractivity contribution >= 4 is 28.4 Å². The fourth-order valence-corrected chi connectivity index (χ4v) is 3.86. The minimum atomic E-state index is -0.0524. The summed E-state index contributed by atoms with van der Waals surface area (Å²) < 4.78 is 5.46. The van der Waals surface area contributed by atoms with E-state index < -0.39 is 0 Å². The number of aliphatic hydroxyl groups excluding tert-OH is 1. The van der Waals surface area contributed by atoms with E-state index in [4.69, 9.17) is 16.0 Å². The molecule has 1 aliphatic heterocycles. The largest absolute Gasteiger partial charge is 0.463 e. The standard InChI is InChI=1S/C20H19ClN2O3/c21-16-6-1-5-14-15(20(25)23-9-2-4-13(23)8-10-24)12-17(22-19(14)16)18-7-3-11-26-18/h1,3,5-7,11-13,24H,2,4,8-10H2/t13-/m0/s1. The Kier molecular flexibility index (Phi) is 4.66. The second kappa shape index (κ2) is 7.09. The summed E-state index contributed by atoms with van der Waals surface area (Å²) in [5, 5.41) is 10.5. The van der Waals surface area contributed by atoms with Gasteiger partial charge in [0.2, 0.25) is 0 Å². The number of aromatic nitrogens is 1. The van der Waals surface area contributed by atoms with Crippen LogP contribution in [0.15, 0.2) is 47.1 Å². The first-order chi connectivity index (χ1) is 12.7. The Morgan fingerprint density at radius 3 is 3.00 bits per heavy atom. The van der Waals surface area contributed by atoms with Crippen LogP contribution in [-0.4, -0.2) is 40.1 Å². The number of rotatable bonds is 4. The van der Waals surface area contributed by atoms with Crippen molar-refractivity contribution in [2.24, 2.45) is 0 Å². The highest BCUT2D eigenvalue weighted by Crippen LogP contribution is 2.31. The smallest absolute Gasteiger partial charge is 0.254 e. The van der Waals surface area contributed by atoms with E-state index in [0.717, 1.165) is 18.2 Å². The van der Waals surface area contributed by atoms with E-state index in [0.29, 0.717) is 40.5 Å². The quantitative estimate of drug-likeness (QED) is 0.749. The number of furan rings is 1. The van der Waals surface area contributed by atoms with Crippen molar-refractivity contribution in [3.05, 3.63) is 53.2 Å². The summed E-state index contributed by atoms with van der Waals surface area (Å²) in [6.07, 6.45) is 4.04. The van der Waals surface area contributed by atoms with Gasteiger partial charge >= 0.3 is 0 Å². The van der Waals surface area contributed by atoms with Gasteiger partial charge in [-0.15, -0.1) is 0 Å². The average molecular weight is 371 g/mol. The highest BCUT2D eigenvalue weighted by atomic mass is 35.5. The van der Waals surface area contributed by atoms with Crippen molar-refractivity contribution in [2.75, 3.05) is 13.2 Å². The lowest BCUT2D eigenvalue weighted by Gasteiger charge is -2.25. The predicted molar refractivity (Wildman–Crippen MR) is 100 cm³/mol. The molecular weight excluding hydrogens is 352 g/mol. The van der Waals surface area contributed by atoms with Crippen molar-refractivity contribution in [1.29, 1.82) is 0 Å². The van der Waals surface area contributed by atoms with E-state index >= 15 is 0 Å². The van der Waals surface area contributed by atoms with E-state index in [-0.39, 0.29) is 18.6 Å².